The average Bonchev–Trinajstić information content (AvgIpc) is 3.21. The van der Waals surface area contributed by atoms with Crippen LogP contribution in [-0.4, -0.2) is 36.1 Å². The number of aromatic nitrogens is 3. The van der Waals surface area contributed by atoms with Gasteiger partial charge in [0, 0.05) is 19.3 Å². The highest BCUT2D eigenvalue weighted by atomic mass is 16.6. The quantitative estimate of drug-likeness (QED) is 0.439. The highest BCUT2D eigenvalue weighted by Crippen LogP contribution is 2.20. The van der Waals surface area contributed by atoms with Crippen LogP contribution in [0.3, 0.4) is 0 Å². The number of hydrogen-bond acceptors (Lipinski definition) is 6. The highest BCUT2D eigenvalue weighted by molar-refractivity contribution is 6.10. The Hall–Kier alpha value is -3.75. The summed E-state index contributed by atoms with van der Waals surface area (Å²) in [4.78, 5) is 35.0. The number of ketones is 1. The van der Waals surface area contributed by atoms with E-state index in [9.17, 15) is 24.8 Å². The number of benzene rings is 1. The topological polar surface area (TPSA) is 120 Å². The number of carbonyl (C=O) groups is 2. The van der Waals surface area contributed by atoms with E-state index in [1.54, 1.807) is 12.1 Å². The Morgan fingerprint density at radius 3 is 2.60 bits per heavy atom. The molecule has 9 nitrogen and oxygen atoms in total. The lowest BCUT2D eigenvalue weighted by Gasteiger charge is -2.02. The van der Waals surface area contributed by atoms with Crippen molar-refractivity contribution in [3.8, 4) is 5.75 Å². The summed E-state index contributed by atoms with van der Waals surface area (Å²) < 4.78 is 2.24. The molecule has 3 rings (SSSR count). The van der Waals surface area contributed by atoms with Crippen LogP contribution in [0.2, 0.25) is 0 Å². The molecule has 25 heavy (non-hydrogen) atoms. The van der Waals surface area contributed by atoms with Crippen LogP contribution in [-0.2, 0) is 7.05 Å². The van der Waals surface area contributed by atoms with Crippen LogP contribution in [0, 0.1) is 10.1 Å². The molecule has 0 atom stereocenters. The zero-order valence-electron chi connectivity index (χ0n) is 13.0. The largest absolute Gasteiger partial charge is 0.507 e. The fourth-order valence-corrected chi connectivity index (χ4v) is 2.35. The van der Waals surface area contributed by atoms with Crippen LogP contribution in [0.25, 0.3) is 0 Å². The monoisotopic (exact) mass is 340 g/mol. The molecule has 0 saturated heterocycles. The third-order valence-corrected chi connectivity index (χ3v) is 3.62. The molecule has 0 fully saturated rings. The van der Waals surface area contributed by atoms with Crippen LogP contribution in [0.15, 0.2) is 48.9 Å². The number of rotatable bonds is 4. The number of phenols is 1. The first kappa shape index (κ1) is 16.1. The van der Waals surface area contributed by atoms with Crippen molar-refractivity contribution in [2.24, 2.45) is 7.05 Å². The second kappa shape index (κ2) is 6.04. The molecule has 0 amide bonds. The summed E-state index contributed by atoms with van der Waals surface area (Å²) in [5.74, 6) is -1.29. The lowest BCUT2D eigenvalue weighted by atomic mass is 10.1. The van der Waals surface area contributed by atoms with Gasteiger partial charge in [-0.1, -0.05) is 12.1 Å². The zero-order chi connectivity index (χ0) is 18.1. The number of hydrogen-bond donors (Lipinski definition) is 1. The Balaban J connectivity index is 1.91. The summed E-state index contributed by atoms with van der Waals surface area (Å²) in [6.45, 7) is 0. The molecule has 1 aromatic carbocycles. The molecule has 0 spiro atoms. The summed E-state index contributed by atoms with van der Waals surface area (Å²) in [6.07, 6.45) is 3.63. The lowest BCUT2D eigenvalue weighted by Crippen LogP contribution is -2.15. The summed E-state index contributed by atoms with van der Waals surface area (Å²) in [5.41, 5.74) is 0.0300. The molecule has 9 heteroatoms. The molecule has 126 valence electrons. The third-order valence-electron chi connectivity index (χ3n) is 3.62. The molecule has 0 bridgehead atoms. The van der Waals surface area contributed by atoms with Gasteiger partial charge in [0.05, 0.1) is 28.4 Å². The van der Waals surface area contributed by atoms with Gasteiger partial charge in [-0.2, -0.15) is 5.10 Å². The number of aryl methyl sites for hydroxylation is 1. The minimum Gasteiger partial charge on any atom is -0.507 e. The van der Waals surface area contributed by atoms with Gasteiger partial charge in [0.1, 0.15) is 11.4 Å². The van der Waals surface area contributed by atoms with Gasteiger partial charge in [-0.25, -0.2) is 4.68 Å². The minimum atomic E-state index is -0.619. The molecule has 0 saturated carbocycles. The van der Waals surface area contributed by atoms with Gasteiger partial charge in [-0.3, -0.25) is 19.7 Å². The van der Waals surface area contributed by atoms with Crippen LogP contribution < -0.4 is 0 Å². The Bertz CT molecular complexity index is 1000. The van der Waals surface area contributed by atoms with Gasteiger partial charge in [0.25, 0.3) is 11.6 Å². The molecule has 0 aliphatic carbocycles. The van der Waals surface area contributed by atoms with E-state index in [0.29, 0.717) is 0 Å². The summed E-state index contributed by atoms with van der Waals surface area (Å²) >= 11 is 0. The number of para-hydroxylation sites is 1. The van der Waals surface area contributed by atoms with Gasteiger partial charge >= 0.3 is 0 Å². The van der Waals surface area contributed by atoms with Gasteiger partial charge in [-0.05, 0) is 12.1 Å². The molecule has 0 unspecified atom stereocenters. The summed E-state index contributed by atoms with van der Waals surface area (Å²) in [6, 6.07) is 7.16. The van der Waals surface area contributed by atoms with Crippen molar-refractivity contribution in [2.45, 2.75) is 0 Å². The first-order valence-electron chi connectivity index (χ1n) is 7.11. The zero-order valence-corrected chi connectivity index (χ0v) is 13.0. The first-order chi connectivity index (χ1) is 11.9. The predicted molar refractivity (Wildman–Crippen MR) is 85.6 cm³/mol. The first-order valence-corrected chi connectivity index (χ1v) is 7.11. The van der Waals surface area contributed by atoms with Crippen molar-refractivity contribution in [1.82, 2.24) is 14.3 Å². The van der Waals surface area contributed by atoms with Crippen molar-refractivity contribution in [3.63, 3.8) is 0 Å². The van der Waals surface area contributed by atoms with Crippen molar-refractivity contribution in [2.75, 3.05) is 0 Å². The lowest BCUT2D eigenvalue weighted by molar-refractivity contribution is -0.384. The number of aromatic hydroxyl groups is 1. The number of phenolic OH excluding ortho intramolecular Hbond substituents is 1. The fourth-order valence-electron chi connectivity index (χ4n) is 2.35. The summed E-state index contributed by atoms with van der Waals surface area (Å²) in [7, 11) is 1.50. The van der Waals surface area contributed by atoms with Crippen molar-refractivity contribution in [1.29, 1.82) is 0 Å². The molecule has 1 N–H and O–H groups in total. The van der Waals surface area contributed by atoms with Gasteiger partial charge < -0.3 is 9.67 Å². The highest BCUT2D eigenvalue weighted by Gasteiger charge is 2.21. The summed E-state index contributed by atoms with van der Waals surface area (Å²) in [5, 5.41) is 24.4. The third kappa shape index (κ3) is 2.90. The van der Waals surface area contributed by atoms with E-state index >= 15 is 0 Å². The molecule has 2 heterocycles. The SMILES string of the molecule is Cn1cc([N+](=O)[O-])cc1C(=O)n1cc(C(=O)c2ccccc2O)cn1. The predicted octanol–water partition coefficient (Wildman–Crippen LogP) is 1.75. The van der Waals surface area contributed by atoms with E-state index in [1.807, 2.05) is 0 Å². The average molecular weight is 340 g/mol. The fraction of sp³-hybridized carbons (Fsp3) is 0.0625. The van der Waals surface area contributed by atoms with E-state index in [0.717, 1.165) is 10.7 Å². The second-order valence-electron chi connectivity index (χ2n) is 5.28. The maximum atomic E-state index is 12.4. The van der Waals surface area contributed by atoms with E-state index in [-0.39, 0.29) is 28.3 Å². The Morgan fingerprint density at radius 2 is 1.96 bits per heavy atom. The van der Waals surface area contributed by atoms with Gasteiger partial charge in [0.15, 0.2) is 5.78 Å². The van der Waals surface area contributed by atoms with Crippen LogP contribution >= 0.6 is 0 Å². The minimum absolute atomic E-state index is 0.0522. The van der Waals surface area contributed by atoms with E-state index in [4.69, 9.17) is 0 Å². The Kier molecular flexibility index (Phi) is 3.89. The van der Waals surface area contributed by atoms with Gasteiger partial charge in [0.2, 0.25) is 0 Å². The Morgan fingerprint density at radius 1 is 1.24 bits per heavy atom. The van der Waals surface area contributed by atoms with Crippen molar-refractivity contribution in [3.05, 3.63) is 75.9 Å². The molecular weight excluding hydrogens is 328 g/mol. The smallest absolute Gasteiger partial charge is 0.295 e. The van der Waals surface area contributed by atoms with E-state index in [2.05, 4.69) is 5.10 Å². The molecule has 3 aromatic rings. The molecular formula is C16H12N4O5. The maximum Gasteiger partial charge on any atom is 0.295 e. The van der Waals surface area contributed by atoms with Crippen molar-refractivity contribution >= 4 is 17.4 Å². The van der Waals surface area contributed by atoms with Crippen LogP contribution in [0.4, 0.5) is 5.69 Å². The number of nitro groups is 1. The molecule has 0 aliphatic rings. The molecule has 0 radical (unpaired) electrons. The number of carbonyl (C=O) groups excluding carboxylic acids is 2. The van der Waals surface area contributed by atoms with Crippen LogP contribution in [0.1, 0.15) is 26.4 Å². The Labute approximate surface area is 140 Å². The van der Waals surface area contributed by atoms with Gasteiger partial charge in [-0.15, -0.1) is 0 Å². The van der Waals surface area contributed by atoms with E-state index < -0.39 is 16.6 Å². The van der Waals surface area contributed by atoms with Crippen LogP contribution in [0.5, 0.6) is 5.75 Å². The number of nitrogens with zero attached hydrogens (tertiary/aromatic N) is 4. The normalized spacial score (nSPS) is 10.6. The molecule has 2 aromatic heterocycles. The maximum absolute atomic E-state index is 12.4. The molecule has 0 aliphatic heterocycles. The second-order valence-corrected chi connectivity index (χ2v) is 5.28. The van der Waals surface area contributed by atoms with E-state index in [1.165, 1.54) is 42.3 Å². The van der Waals surface area contributed by atoms with Crippen molar-refractivity contribution < 1.29 is 19.6 Å². The standard InChI is InChI=1S/C16H12N4O5/c1-18-9-11(20(24)25)6-13(18)16(23)19-8-10(7-17-19)15(22)12-4-2-3-5-14(12)21/h2-9,21H,1H3.